The molecule has 0 radical (unpaired) electrons. The van der Waals surface area contributed by atoms with Crippen molar-refractivity contribution in [1.82, 2.24) is 10.3 Å². The van der Waals surface area contributed by atoms with Gasteiger partial charge in [0, 0.05) is 30.7 Å². The van der Waals surface area contributed by atoms with Gasteiger partial charge >= 0.3 is 0 Å². The van der Waals surface area contributed by atoms with Crippen molar-refractivity contribution in [3.8, 4) is 11.5 Å². The fraction of sp³-hybridized carbons (Fsp3) is 0.235. The Morgan fingerprint density at radius 3 is 2.54 bits per heavy atom. The number of pyridine rings is 1. The highest BCUT2D eigenvalue weighted by Gasteiger charge is 2.14. The second-order valence-corrected chi connectivity index (χ2v) is 5.22. The summed E-state index contributed by atoms with van der Waals surface area (Å²) in [7, 11) is 0. The molecule has 0 fully saturated rings. The number of ether oxygens (including phenoxy) is 2. The van der Waals surface area contributed by atoms with Crippen LogP contribution in [0.15, 0.2) is 42.7 Å². The van der Waals surface area contributed by atoms with Gasteiger partial charge in [0.2, 0.25) is 11.8 Å². The van der Waals surface area contributed by atoms with E-state index in [2.05, 4.69) is 15.6 Å². The molecular formula is C17H17N3O4. The lowest BCUT2D eigenvalue weighted by Gasteiger charge is -2.19. The molecule has 2 amide bonds. The Hall–Kier alpha value is -3.09. The maximum Gasteiger partial charge on any atom is 0.233 e. The zero-order valence-corrected chi connectivity index (χ0v) is 13.0. The third-order valence-electron chi connectivity index (χ3n) is 3.39. The van der Waals surface area contributed by atoms with Crippen molar-refractivity contribution in [3.05, 3.63) is 48.3 Å². The molecule has 2 heterocycles. The van der Waals surface area contributed by atoms with Crippen LogP contribution < -0.4 is 20.1 Å². The van der Waals surface area contributed by atoms with Gasteiger partial charge in [0.1, 0.15) is 19.6 Å². The molecule has 1 aromatic heterocycles. The van der Waals surface area contributed by atoms with Gasteiger partial charge in [0.25, 0.3) is 0 Å². The van der Waals surface area contributed by atoms with Gasteiger partial charge < -0.3 is 20.1 Å². The summed E-state index contributed by atoms with van der Waals surface area (Å²) < 4.78 is 10.9. The van der Waals surface area contributed by atoms with E-state index in [1.165, 1.54) is 0 Å². The van der Waals surface area contributed by atoms with Gasteiger partial charge in [-0.1, -0.05) is 0 Å². The van der Waals surface area contributed by atoms with Gasteiger partial charge in [-0.25, -0.2) is 0 Å². The highest BCUT2D eigenvalue weighted by molar-refractivity contribution is 6.03. The molecule has 1 aliphatic heterocycles. The minimum Gasteiger partial charge on any atom is -0.486 e. The second-order valence-electron chi connectivity index (χ2n) is 5.22. The van der Waals surface area contributed by atoms with Crippen LogP contribution in [-0.4, -0.2) is 30.0 Å². The second kappa shape index (κ2) is 7.45. The van der Waals surface area contributed by atoms with Gasteiger partial charge in [0.05, 0.1) is 0 Å². The molecule has 0 saturated carbocycles. The van der Waals surface area contributed by atoms with E-state index in [9.17, 15) is 9.59 Å². The Bertz CT molecular complexity index is 734. The molecule has 3 rings (SSSR count). The molecule has 0 unspecified atom stereocenters. The molecule has 0 bridgehead atoms. The van der Waals surface area contributed by atoms with Crippen LogP contribution in [0.25, 0.3) is 0 Å². The topological polar surface area (TPSA) is 89.6 Å². The lowest BCUT2D eigenvalue weighted by molar-refractivity contribution is -0.126. The Labute approximate surface area is 139 Å². The maximum atomic E-state index is 11.9. The lowest BCUT2D eigenvalue weighted by Crippen LogP contribution is -2.27. The monoisotopic (exact) mass is 327 g/mol. The number of anilines is 1. The molecule has 7 heteroatoms. The first-order valence-electron chi connectivity index (χ1n) is 7.56. The molecule has 2 aromatic rings. The number of carbonyl (C=O) groups excluding carboxylic acids is 2. The SMILES string of the molecule is O=C(CC(=O)Nc1ccc2c(c1)OCCO2)NCc1ccncc1. The summed E-state index contributed by atoms with van der Waals surface area (Å²) in [6.45, 7) is 1.34. The summed E-state index contributed by atoms with van der Waals surface area (Å²) in [5.74, 6) is 0.497. The number of aromatic nitrogens is 1. The van der Waals surface area contributed by atoms with Gasteiger partial charge in [-0.15, -0.1) is 0 Å². The molecule has 124 valence electrons. The Morgan fingerprint density at radius 1 is 1.00 bits per heavy atom. The largest absolute Gasteiger partial charge is 0.486 e. The van der Waals surface area contributed by atoms with Gasteiger partial charge in [-0.2, -0.15) is 0 Å². The molecule has 1 aliphatic rings. The standard InChI is InChI=1S/C17H17N3O4/c21-16(19-11-12-3-5-18-6-4-12)10-17(22)20-13-1-2-14-15(9-13)24-8-7-23-14/h1-6,9H,7-8,10-11H2,(H,19,21)(H,20,22). The van der Waals surface area contributed by atoms with Crippen molar-refractivity contribution in [2.24, 2.45) is 0 Å². The summed E-state index contributed by atoms with van der Waals surface area (Å²) in [6.07, 6.45) is 3.05. The van der Waals surface area contributed by atoms with Crippen LogP contribution in [-0.2, 0) is 16.1 Å². The van der Waals surface area contributed by atoms with E-state index in [1.807, 2.05) is 0 Å². The molecule has 0 spiro atoms. The summed E-state index contributed by atoms with van der Waals surface area (Å²) >= 11 is 0. The molecular weight excluding hydrogens is 310 g/mol. The van der Waals surface area contributed by atoms with Gasteiger partial charge in [-0.3, -0.25) is 14.6 Å². The average molecular weight is 327 g/mol. The summed E-state index contributed by atoms with van der Waals surface area (Å²) in [5.41, 5.74) is 1.48. The van der Waals surface area contributed by atoms with E-state index in [-0.39, 0.29) is 18.2 Å². The van der Waals surface area contributed by atoms with Gasteiger partial charge in [-0.05, 0) is 29.8 Å². The normalized spacial score (nSPS) is 12.3. The summed E-state index contributed by atoms with van der Waals surface area (Å²) in [5, 5.41) is 5.37. The number of rotatable bonds is 5. The molecule has 0 aliphatic carbocycles. The number of benzene rings is 1. The first kappa shape index (κ1) is 15.8. The number of nitrogens with zero attached hydrogens (tertiary/aromatic N) is 1. The molecule has 7 nitrogen and oxygen atoms in total. The van der Waals surface area contributed by atoms with E-state index in [1.54, 1.807) is 42.7 Å². The number of carbonyl (C=O) groups is 2. The highest BCUT2D eigenvalue weighted by Crippen LogP contribution is 2.32. The number of hydrogen-bond donors (Lipinski definition) is 2. The predicted octanol–water partition coefficient (Wildman–Crippen LogP) is 1.50. The Morgan fingerprint density at radius 2 is 1.75 bits per heavy atom. The van der Waals surface area contributed by atoms with Crippen LogP contribution in [0.3, 0.4) is 0 Å². The molecule has 0 atom stereocenters. The summed E-state index contributed by atoms with van der Waals surface area (Å²) in [6, 6.07) is 8.72. The first-order valence-corrected chi connectivity index (χ1v) is 7.56. The predicted molar refractivity (Wildman–Crippen MR) is 86.8 cm³/mol. The minimum atomic E-state index is -0.390. The third kappa shape index (κ3) is 4.22. The van der Waals surface area contributed by atoms with Crippen molar-refractivity contribution in [1.29, 1.82) is 0 Å². The van der Waals surface area contributed by atoms with Crippen LogP contribution in [0.2, 0.25) is 0 Å². The van der Waals surface area contributed by atoms with E-state index in [0.717, 1.165) is 5.56 Å². The number of fused-ring (bicyclic) bond motifs is 1. The molecule has 1 aromatic carbocycles. The number of hydrogen-bond acceptors (Lipinski definition) is 5. The Kier molecular flexibility index (Phi) is 4.90. The minimum absolute atomic E-state index is 0.250. The van der Waals surface area contributed by atoms with E-state index >= 15 is 0 Å². The van der Waals surface area contributed by atoms with E-state index < -0.39 is 0 Å². The van der Waals surface area contributed by atoms with E-state index in [0.29, 0.717) is 36.9 Å². The van der Waals surface area contributed by atoms with Gasteiger partial charge in [0.15, 0.2) is 11.5 Å². The van der Waals surface area contributed by atoms with E-state index in [4.69, 9.17) is 9.47 Å². The van der Waals surface area contributed by atoms with Crippen LogP contribution in [0.5, 0.6) is 11.5 Å². The van der Waals surface area contributed by atoms with Crippen LogP contribution in [0.4, 0.5) is 5.69 Å². The lowest BCUT2D eigenvalue weighted by atomic mass is 10.2. The van der Waals surface area contributed by atoms with Crippen LogP contribution in [0, 0.1) is 0 Å². The highest BCUT2D eigenvalue weighted by atomic mass is 16.6. The first-order chi connectivity index (χ1) is 11.7. The zero-order valence-electron chi connectivity index (χ0n) is 13.0. The molecule has 2 N–H and O–H groups in total. The summed E-state index contributed by atoms with van der Waals surface area (Å²) in [4.78, 5) is 27.7. The van der Waals surface area contributed by atoms with Crippen LogP contribution in [0.1, 0.15) is 12.0 Å². The van der Waals surface area contributed by atoms with Crippen molar-refractivity contribution >= 4 is 17.5 Å². The Balaban J connectivity index is 1.49. The average Bonchev–Trinajstić information content (AvgIpc) is 2.60. The van der Waals surface area contributed by atoms with Crippen molar-refractivity contribution < 1.29 is 19.1 Å². The number of nitrogens with one attached hydrogen (secondary N) is 2. The third-order valence-corrected chi connectivity index (χ3v) is 3.39. The van der Waals surface area contributed by atoms with Crippen molar-refractivity contribution in [2.75, 3.05) is 18.5 Å². The molecule has 24 heavy (non-hydrogen) atoms. The van der Waals surface area contributed by atoms with Crippen molar-refractivity contribution in [2.45, 2.75) is 13.0 Å². The quantitative estimate of drug-likeness (QED) is 0.812. The maximum absolute atomic E-state index is 11.9. The van der Waals surface area contributed by atoms with Crippen LogP contribution >= 0.6 is 0 Å². The smallest absolute Gasteiger partial charge is 0.233 e. The zero-order chi connectivity index (χ0) is 16.8. The fourth-order valence-electron chi connectivity index (χ4n) is 2.24. The molecule has 0 saturated heterocycles. The van der Waals surface area contributed by atoms with Crippen molar-refractivity contribution in [3.63, 3.8) is 0 Å². The fourth-order valence-corrected chi connectivity index (χ4v) is 2.24. The number of amides is 2.